The first-order valence-corrected chi connectivity index (χ1v) is 10.9. The van der Waals surface area contributed by atoms with E-state index in [0.717, 1.165) is 19.3 Å². The molecule has 0 bridgehead atoms. The van der Waals surface area contributed by atoms with Crippen molar-refractivity contribution in [1.29, 1.82) is 0 Å². The Balaban J connectivity index is 1.92. The highest BCUT2D eigenvalue weighted by molar-refractivity contribution is 7.89. The van der Waals surface area contributed by atoms with Crippen LogP contribution in [-0.2, 0) is 26.0 Å². The van der Waals surface area contributed by atoms with Crippen LogP contribution in [-0.4, -0.2) is 49.7 Å². The maximum absolute atomic E-state index is 12.9. The molecule has 1 aromatic carbocycles. The normalized spacial score (nSPS) is 20.6. The number of fused-ring (bicyclic) bond motifs is 1. The Labute approximate surface area is 160 Å². The largest absolute Gasteiger partial charge is 0.352 e. The van der Waals surface area contributed by atoms with Crippen molar-refractivity contribution in [2.45, 2.75) is 63.4 Å². The summed E-state index contributed by atoms with van der Waals surface area (Å²) in [7, 11) is -3.55. The predicted octanol–water partition coefficient (Wildman–Crippen LogP) is 1.66. The van der Waals surface area contributed by atoms with Crippen LogP contribution >= 0.6 is 0 Å². The van der Waals surface area contributed by atoms with Gasteiger partial charge in [0, 0.05) is 38.2 Å². The van der Waals surface area contributed by atoms with Gasteiger partial charge in [0.25, 0.3) is 0 Å². The highest BCUT2D eigenvalue weighted by atomic mass is 32.2. The fourth-order valence-electron chi connectivity index (χ4n) is 3.82. The lowest BCUT2D eigenvalue weighted by atomic mass is 10.1. The van der Waals surface area contributed by atoms with Crippen LogP contribution < -0.4 is 10.2 Å². The Bertz CT molecular complexity index is 845. The van der Waals surface area contributed by atoms with Crippen molar-refractivity contribution in [1.82, 2.24) is 9.62 Å². The van der Waals surface area contributed by atoms with Crippen LogP contribution in [0.4, 0.5) is 5.69 Å². The summed E-state index contributed by atoms with van der Waals surface area (Å²) in [6.45, 7) is 6.22. The van der Waals surface area contributed by atoms with Crippen molar-refractivity contribution < 1.29 is 18.0 Å². The number of nitrogens with one attached hydrogen (secondary N) is 1. The number of hydrogen-bond donors (Lipinski definition) is 1. The van der Waals surface area contributed by atoms with E-state index in [0.29, 0.717) is 30.8 Å². The van der Waals surface area contributed by atoms with E-state index in [-0.39, 0.29) is 22.8 Å². The van der Waals surface area contributed by atoms with Crippen molar-refractivity contribution in [3.8, 4) is 0 Å². The molecule has 0 saturated carbocycles. The van der Waals surface area contributed by atoms with E-state index in [1.807, 2.05) is 13.8 Å². The molecule has 2 aliphatic heterocycles. The fourth-order valence-corrected chi connectivity index (χ4v) is 5.39. The molecule has 8 heteroatoms. The van der Waals surface area contributed by atoms with Crippen molar-refractivity contribution in [2.75, 3.05) is 18.0 Å². The number of carbonyl (C=O) groups is 2. The van der Waals surface area contributed by atoms with E-state index in [2.05, 4.69) is 5.32 Å². The van der Waals surface area contributed by atoms with E-state index in [9.17, 15) is 18.0 Å². The summed E-state index contributed by atoms with van der Waals surface area (Å²) < 4.78 is 27.4. The van der Waals surface area contributed by atoms with Crippen molar-refractivity contribution >= 4 is 27.5 Å². The van der Waals surface area contributed by atoms with Crippen molar-refractivity contribution in [2.24, 2.45) is 0 Å². The molecule has 0 aliphatic carbocycles. The van der Waals surface area contributed by atoms with Gasteiger partial charge in [-0.3, -0.25) is 14.5 Å². The highest BCUT2D eigenvalue weighted by Gasteiger charge is 2.38. The molecular weight excluding hydrogens is 366 g/mol. The molecule has 1 N–H and O–H groups in total. The van der Waals surface area contributed by atoms with Gasteiger partial charge in [-0.15, -0.1) is 0 Å². The molecule has 0 radical (unpaired) electrons. The first kappa shape index (κ1) is 19.8. The molecule has 1 saturated heterocycles. The summed E-state index contributed by atoms with van der Waals surface area (Å²) in [5.74, 6) is -0.457. The van der Waals surface area contributed by atoms with Crippen LogP contribution in [0.1, 0.15) is 45.6 Å². The molecule has 3 rings (SSSR count). The maximum Gasteiger partial charge on any atom is 0.243 e. The summed E-state index contributed by atoms with van der Waals surface area (Å²) in [5, 5.41) is 2.84. The van der Waals surface area contributed by atoms with E-state index in [1.54, 1.807) is 18.2 Å². The van der Waals surface area contributed by atoms with Crippen LogP contribution in [0.15, 0.2) is 23.1 Å². The van der Waals surface area contributed by atoms with Gasteiger partial charge in [-0.1, -0.05) is 6.42 Å². The minimum absolute atomic E-state index is 0.0370. The van der Waals surface area contributed by atoms with E-state index in [1.165, 1.54) is 16.1 Å². The second-order valence-corrected chi connectivity index (χ2v) is 9.47. The smallest absolute Gasteiger partial charge is 0.243 e. The molecule has 2 amide bonds. The molecule has 1 fully saturated rings. The van der Waals surface area contributed by atoms with Crippen LogP contribution in [0, 0.1) is 0 Å². The van der Waals surface area contributed by atoms with Crippen molar-refractivity contribution in [3.63, 3.8) is 0 Å². The lowest BCUT2D eigenvalue weighted by molar-refractivity contribution is -0.125. The maximum atomic E-state index is 12.9. The van der Waals surface area contributed by atoms with Gasteiger partial charge in [0.1, 0.15) is 6.04 Å². The summed E-state index contributed by atoms with van der Waals surface area (Å²) in [5.41, 5.74) is 1.33. The van der Waals surface area contributed by atoms with Crippen LogP contribution in [0.5, 0.6) is 0 Å². The fraction of sp³-hybridized carbons (Fsp3) is 0.579. The predicted molar refractivity (Wildman–Crippen MR) is 103 cm³/mol. The number of anilines is 1. The van der Waals surface area contributed by atoms with Crippen LogP contribution in [0.2, 0.25) is 0 Å². The Morgan fingerprint density at radius 2 is 1.81 bits per heavy atom. The number of piperidine rings is 1. The van der Waals surface area contributed by atoms with Gasteiger partial charge in [0.15, 0.2) is 0 Å². The standard InChI is InChI=1S/C19H27N3O4S/c1-13(2)20-19(24)18-12-15-11-16(7-8-17(15)22(18)14(3)23)27(25,26)21-9-5-4-6-10-21/h7-8,11,13,18H,4-6,9-10,12H2,1-3H3,(H,20,24)/t18-/m0/s1. The molecule has 148 valence electrons. The molecule has 2 aliphatic rings. The first-order valence-electron chi connectivity index (χ1n) is 9.45. The number of carbonyl (C=O) groups excluding carboxylic acids is 2. The average molecular weight is 394 g/mol. The van der Waals surface area contributed by atoms with E-state index in [4.69, 9.17) is 0 Å². The molecule has 1 atom stereocenters. The minimum atomic E-state index is -3.55. The number of hydrogen-bond acceptors (Lipinski definition) is 4. The summed E-state index contributed by atoms with van der Waals surface area (Å²) >= 11 is 0. The lowest BCUT2D eigenvalue weighted by Crippen LogP contribution is -2.49. The van der Waals surface area contributed by atoms with Crippen LogP contribution in [0.25, 0.3) is 0 Å². The number of benzene rings is 1. The molecule has 0 spiro atoms. The van der Waals surface area contributed by atoms with Gasteiger partial charge in [0.05, 0.1) is 4.90 Å². The van der Waals surface area contributed by atoms with Gasteiger partial charge in [-0.05, 0) is 50.5 Å². The molecule has 1 aromatic rings. The van der Waals surface area contributed by atoms with Gasteiger partial charge < -0.3 is 5.32 Å². The second kappa shape index (κ2) is 7.59. The Kier molecular flexibility index (Phi) is 5.58. The van der Waals surface area contributed by atoms with Crippen LogP contribution in [0.3, 0.4) is 0 Å². The second-order valence-electron chi connectivity index (χ2n) is 7.53. The monoisotopic (exact) mass is 393 g/mol. The third-order valence-corrected chi connectivity index (χ3v) is 6.96. The number of sulfonamides is 1. The van der Waals surface area contributed by atoms with E-state index < -0.39 is 16.1 Å². The summed E-state index contributed by atoms with van der Waals surface area (Å²) in [6, 6.07) is 4.13. The van der Waals surface area contributed by atoms with Crippen molar-refractivity contribution in [3.05, 3.63) is 23.8 Å². The molecular formula is C19H27N3O4S. The van der Waals surface area contributed by atoms with Gasteiger partial charge in [0.2, 0.25) is 21.8 Å². The zero-order valence-corrected chi connectivity index (χ0v) is 16.9. The topological polar surface area (TPSA) is 86.8 Å². The molecule has 0 aromatic heterocycles. The average Bonchev–Trinajstić information content (AvgIpc) is 3.01. The number of nitrogens with zero attached hydrogens (tertiary/aromatic N) is 2. The number of amides is 2. The van der Waals surface area contributed by atoms with Gasteiger partial charge in [-0.25, -0.2) is 8.42 Å². The Hall–Kier alpha value is -1.93. The van der Waals surface area contributed by atoms with E-state index >= 15 is 0 Å². The third-order valence-electron chi connectivity index (χ3n) is 5.06. The highest BCUT2D eigenvalue weighted by Crippen LogP contribution is 2.35. The Morgan fingerprint density at radius 1 is 1.15 bits per heavy atom. The third kappa shape index (κ3) is 3.87. The Morgan fingerprint density at radius 3 is 2.41 bits per heavy atom. The minimum Gasteiger partial charge on any atom is -0.352 e. The molecule has 27 heavy (non-hydrogen) atoms. The zero-order chi connectivity index (χ0) is 19.8. The quantitative estimate of drug-likeness (QED) is 0.843. The lowest BCUT2D eigenvalue weighted by Gasteiger charge is -2.26. The number of rotatable bonds is 4. The zero-order valence-electron chi connectivity index (χ0n) is 16.1. The SMILES string of the molecule is CC(=O)N1c2ccc(S(=O)(=O)N3CCCCC3)cc2C[C@H]1C(=O)NC(C)C. The molecule has 7 nitrogen and oxygen atoms in total. The molecule has 0 unspecified atom stereocenters. The molecule has 2 heterocycles. The van der Waals surface area contributed by atoms with Gasteiger partial charge >= 0.3 is 0 Å². The van der Waals surface area contributed by atoms with Gasteiger partial charge in [-0.2, -0.15) is 4.31 Å². The summed E-state index contributed by atoms with van der Waals surface area (Å²) in [6.07, 6.45) is 3.12. The summed E-state index contributed by atoms with van der Waals surface area (Å²) in [4.78, 5) is 26.4. The first-order chi connectivity index (χ1) is 12.7.